The van der Waals surface area contributed by atoms with Crippen LogP contribution in [0.5, 0.6) is 0 Å². The average molecular weight is 113 g/mol. The third-order valence-electron chi connectivity index (χ3n) is 1.20. The van der Waals surface area contributed by atoms with Crippen molar-refractivity contribution in [1.29, 1.82) is 0 Å². The Kier molecular flexibility index (Phi) is 1.46. The Morgan fingerprint density at radius 3 is 2.50 bits per heavy atom. The van der Waals surface area contributed by atoms with Gasteiger partial charge >= 0.3 is 0 Å². The molecule has 0 aromatic carbocycles. The molecule has 0 unspecified atom stereocenters. The Labute approximate surface area is 49.4 Å². The summed E-state index contributed by atoms with van der Waals surface area (Å²) in [4.78, 5) is 0. The molecule has 0 aromatic rings. The summed E-state index contributed by atoms with van der Waals surface area (Å²) in [6.07, 6.45) is 0. The number of rotatable bonds is 1. The molecule has 1 aliphatic rings. The van der Waals surface area contributed by atoms with Gasteiger partial charge in [0.15, 0.2) is 0 Å². The van der Waals surface area contributed by atoms with Crippen LogP contribution in [-0.2, 0) is 0 Å². The maximum absolute atomic E-state index is 3.89. The maximum Gasteiger partial charge on any atom is 0.0813 e. The van der Waals surface area contributed by atoms with E-state index in [4.69, 9.17) is 0 Å². The second-order valence-electron chi connectivity index (χ2n) is 2.21. The van der Waals surface area contributed by atoms with Crippen molar-refractivity contribution in [2.45, 2.75) is 19.9 Å². The van der Waals surface area contributed by atoms with Crippen molar-refractivity contribution in [3.05, 3.63) is 0 Å². The summed E-state index contributed by atoms with van der Waals surface area (Å²) >= 11 is 0. The van der Waals surface area contributed by atoms with E-state index >= 15 is 0 Å². The van der Waals surface area contributed by atoms with Gasteiger partial charge in [0, 0.05) is 6.04 Å². The summed E-state index contributed by atoms with van der Waals surface area (Å²) in [5.74, 6) is 0. The number of nitrogens with zero attached hydrogens (tertiary/aromatic N) is 3. The van der Waals surface area contributed by atoms with E-state index in [1.54, 1.807) is 0 Å². The van der Waals surface area contributed by atoms with Crippen molar-refractivity contribution in [2.75, 3.05) is 13.1 Å². The first-order chi connectivity index (χ1) is 3.80. The van der Waals surface area contributed by atoms with Crippen molar-refractivity contribution < 1.29 is 0 Å². The van der Waals surface area contributed by atoms with Crippen LogP contribution in [0.4, 0.5) is 0 Å². The fourth-order valence-electron chi connectivity index (χ4n) is 0.679. The summed E-state index contributed by atoms with van der Waals surface area (Å²) in [7, 11) is 0. The van der Waals surface area contributed by atoms with E-state index in [0.717, 1.165) is 13.1 Å². The SMILES string of the molecule is CC(C)N1CCN=N1. The van der Waals surface area contributed by atoms with Gasteiger partial charge in [0.05, 0.1) is 13.1 Å². The lowest BCUT2D eigenvalue weighted by Gasteiger charge is -2.14. The molecule has 0 aromatic heterocycles. The monoisotopic (exact) mass is 113 g/mol. The first-order valence-electron chi connectivity index (χ1n) is 2.95. The summed E-state index contributed by atoms with van der Waals surface area (Å²) in [5, 5.41) is 9.72. The van der Waals surface area contributed by atoms with E-state index in [0.29, 0.717) is 6.04 Å². The Bertz CT molecular complexity index is 97.8. The molecule has 8 heavy (non-hydrogen) atoms. The Hall–Kier alpha value is -0.600. The normalized spacial score (nSPS) is 18.6. The number of hydrogen-bond donors (Lipinski definition) is 0. The molecule has 1 rings (SSSR count). The van der Waals surface area contributed by atoms with Crippen LogP contribution < -0.4 is 0 Å². The van der Waals surface area contributed by atoms with Crippen LogP contribution in [0, 0.1) is 0 Å². The molecule has 0 saturated heterocycles. The van der Waals surface area contributed by atoms with E-state index < -0.39 is 0 Å². The molecule has 0 amide bonds. The Balaban J connectivity index is 2.36. The first kappa shape index (κ1) is 5.54. The minimum absolute atomic E-state index is 0.515. The molecular formula is C5H11N3. The fraction of sp³-hybridized carbons (Fsp3) is 1.00. The molecular weight excluding hydrogens is 102 g/mol. The van der Waals surface area contributed by atoms with E-state index in [-0.39, 0.29) is 0 Å². The van der Waals surface area contributed by atoms with Crippen molar-refractivity contribution in [3.63, 3.8) is 0 Å². The lowest BCUT2D eigenvalue weighted by molar-refractivity contribution is 0.258. The van der Waals surface area contributed by atoms with E-state index in [2.05, 4.69) is 24.2 Å². The summed E-state index contributed by atoms with van der Waals surface area (Å²) in [6, 6.07) is 0.515. The van der Waals surface area contributed by atoms with Crippen molar-refractivity contribution in [3.8, 4) is 0 Å². The van der Waals surface area contributed by atoms with E-state index in [1.807, 2.05) is 5.01 Å². The molecule has 0 aliphatic carbocycles. The highest BCUT2D eigenvalue weighted by molar-refractivity contribution is 4.61. The van der Waals surface area contributed by atoms with Crippen LogP contribution >= 0.6 is 0 Å². The standard InChI is InChI=1S/C5H11N3/c1-5(2)8-4-3-6-7-8/h5H,3-4H2,1-2H3. The lowest BCUT2D eigenvalue weighted by atomic mass is 10.4. The van der Waals surface area contributed by atoms with Crippen LogP contribution in [0.3, 0.4) is 0 Å². The van der Waals surface area contributed by atoms with E-state index in [1.165, 1.54) is 0 Å². The van der Waals surface area contributed by atoms with Gasteiger partial charge in [0.25, 0.3) is 0 Å². The van der Waals surface area contributed by atoms with Gasteiger partial charge in [0.2, 0.25) is 0 Å². The van der Waals surface area contributed by atoms with Crippen molar-refractivity contribution in [2.24, 2.45) is 10.3 Å². The van der Waals surface area contributed by atoms with Crippen molar-refractivity contribution in [1.82, 2.24) is 5.01 Å². The third-order valence-corrected chi connectivity index (χ3v) is 1.20. The van der Waals surface area contributed by atoms with Gasteiger partial charge in [-0.05, 0) is 13.8 Å². The molecule has 0 spiro atoms. The largest absolute Gasteiger partial charge is 0.274 e. The molecule has 0 bridgehead atoms. The molecule has 0 saturated carbocycles. The minimum Gasteiger partial charge on any atom is -0.274 e. The molecule has 0 atom stereocenters. The fourth-order valence-corrected chi connectivity index (χ4v) is 0.679. The Morgan fingerprint density at radius 1 is 1.50 bits per heavy atom. The third kappa shape index (κ3) is 0.967. The average Bonchev–Trinajstić information content (AvgIpc) is 2.12. The highest BCUT2D eigenvalue weighted by atomic mass is 15.6. The van der Waals surface area contributed by atoms with Crippen LogP contribution in [0.15, 0.2) is 10.3 Å². The van der Waals surface area contributed by atoms with Crippen LogP contribution in [0.1, 0.15) is 13.8 Å². The van der Waals surface area contributed by atoms with Crippen molar-refractivity contribution >= 4 is 0 Å². The zero-order chi connectivity index (χ0) is 5.98. The highest BCUT2D eigenvalue weighted by Gasteiger charge is 2.08. The molecule has 1 heterocycles. The molecule has 0 fully saturated rings. The smallest absolute Gasteiger partial charge is 0.0813 e. The molecule has 1 aliphatic heterocycles. The van der Waals surface area contributed by atoms with Gasteiger partial charge in [-0.15, -0.1) is 0 Å². The van der Waals surface area contributed by atoms with E-state index in [9.17, 15) is 0 Å². The molecule has 0 N–H and O–H groups in total. The lowest BCUT2D eigenvalue weighted by Crippen LogP contribution is -2.23. The summed E-state index contributed by atoms with van der Waals surface area (Å²) in [6.45, 7) is 6.10. The maximum atomic E-state index is 3.89. The van der Waals surface area contributed by atoms with Gasteiger partial charge < -0.3 is 0 Å². The zero-order valence-electron chi connectivity index (χ0n) is 5.33. The second kappa shape index (κ2) is 2.11. The summed E-state index contributed by atoms with van der Waals surface area (Å²) in [5.41, 5.74) is 0. The summed E-state index contributed by atoms with van der Waals surface area (Å²) < 4.78 is 0. The zero-order valence-corrected chi connectivity index (χ0v) is 5.33. The highest BCUT2D eigenvalue weighted by Crippen LogP contribution is 2.03. The van der Waals surface area contributed by atoms with Crippen LogP contribution in [0.2, 0.25) is 0 Å². The molecule has 0 radical (unpaired) electrons. The van der Waals surface area contributed by atoms with Gasteiger partial charge in [0.1, 0.15) is 0 Å². The predicted octanol–water partition coefficient (Wildman–Crippen LogP) is 1.08. The van der Waals surface area contributed by atoms with Gasteiger partial charge in [-0.2, -0.15) is 5.11 Å². The van der Waals surface area contributed by atoms with Gasteiger partial charge in [-0.3, -0.25) is 5.01 Å². The Morgan fingerprint density at radius 2 is 2.25 bits per heavy atom. The van der Waals surface area contributed by atoms with Crippen LogP contribution in [-0.4, -0.2) is 24.1 Å². The van der Waals surface area contributed by atoms with Gasteiger partial charge in [-0.25, -0.2) is 0 Å². The van der Waals surface area contributed by atoms with Gasteiger partial charge in [-0.1, -0.05) is 5.22 Å². The van der Waals surface area contributed by atoms with Crippen LogP contribution in [0.25, 0.3) is 0 Å². The molecule has 3 nitrogen and oxygen atoms in total. The minimum atomic E-state index is 0.515. The quantitative estimate of drug-likeness (QED) is 0.500. The number of hydrogen-bond acceptors (Lipinski definition) is 3. The predicted molar refractivity (Wildman–Crippen MR) is 31.6 cm³/mol. The first-order valence-corrected chi connectivity index (χ1v) is 2.95. The topological polar surface area (TPSA) is 28.0 Å². The molecule has 46 valence electrons. The molecule has 3 heteroatoms. The second-order valence-corrected chi connectivity index (χ2v) is 2.21.